The second-order valence-electron chi connectivity index (χ2n) is 4.31. The van der Waals surface area contributed by atoms with E-state index in [1.807, 2.05) is 0 Å². The molecule has 3 atom stereocenters. The Labute approximate surface area is 74.2 Å². The molecule has 0 radical (unpaired) electrons. The largest absolute Gasteiger partial charge is 0.294 e. The first-order chi connectivity index (χ1) is 5.74. The van der Waals surface area contributed by atoms with E-state index >= 15 is 0 Å². The van der Waals surface area contributed by atoms with Gasteiger partial charge in [0, 0.05) is 18.1 Å². The lowest BCUT2D eigenvalue weighted by atomic mass is 9.90. The predicted octanol–water partition coefficient (Wildman–Crippen LogP) is 1.77. The minimum Gasteiger partial charge on any atom is -0.294 e. The second kappa shape index (κ2) is 2.74. The highest BCUT2D eigenvalue weighted by atomic mass is 15.3. The Morgan fingerprint density at radius 1 is 1.42 bits per heavy atom. The molecule has 0 N–H and O–H groups in total. The molecule has 0 saturated carbocycles. The topological polar surface area (TPSA) is 27.0 Å². The molecule has 2 heteroatoms. The van der Waals surface area contributed by atoms with Crippen LogP contribution in [0.1, 0.15) is 33.1 Å². The lowest BCUT2D eigenvalue weighted by Crippen LogP contribution is -2.36. The van der Waals surface area contributed by atoms with E-state index in [-0.39, 0.29) is 0 Å². The maximum absolute atomic E-state index is 8.91. The van der Waals surface area contributed by atoms with E-state index in [0.717, 1.165) is 12.5 Å². The van der Waals surface area contributed by atoms with Crippen molar-refractivity contribution in [2.75, 3.05) is 0 Å². The molecule has 2 aliphatic rings. The number of nitrogens with zero attached hydrogens (tertiary/aromatic N) is 2. The van der Waals surface area contributed by atoms with Gasteiger partial charge in [0.2, 0.25) is 0 Å². The molecule has 2 bridgehead atoms. The van der Waals surface area contributed by atoms with E-state index in [2.05, 4.69) is 24.8 Å². The van der Waals surface area contributed by atoms with Gasteiger partial charge in [-0.05, 0) is 33.1 Å². The summed E-state index contributed by atoms with van der Waals surface area (Å²) in [5, 5.41) is 8.91. The van der Waals surface area contributed by atoms with Crippen LogP contribution in [-0.4, -0.2) is 23.0 Å². The van der Waals surface area contributed by atoms with Crippen LogP contribution in [0.5, 0.6) is 0 Å². The van der Waals surface area contributed by atoms with Crippen molar-refractivity contribution >= 4 is 0 Å². The number of hydrogen-bond acceptors (Lipinski definition) is 2. The van der Waals surface area contributed by atoms with Crippen molar-refractivity contribution in [2.45, 2.75) is 51.2 Å². The average molecular weight is 164 g/mol. The quantitative estimate of drug-likeness (QED) is 0.590. The highest BCUT2D eigenvalue weighted by Gasteiger charge is 2.46. The fourth-order valence-electron chi connectivity index (χ4n) is 2.97. The van der Waals surface area contributed by atoms with Gasteiger partial charge in [0.25, 0.3) is 0 Å². The first-order valence-electron chi connectivity index (χ1n) is 4.91. The summed E-state index contributed by atoms with van der Waals surface area (Å²) in [4.78, 5) is 2.55. The van der Waals surface area contributed by atoms with Gasteiger partial charge in [-0.25, -0.2) is 0 Å². The van der Waals surface area contributed by atoms with Crippen LogP contribution >= 0.6 is 0 Å². The van der Waals surface area contributed by atoms with E-state index in [1.165, 1.54) is 12.8 Å². The van der Waals surface area contributed by atoms with Crippen molar-refractivity contribution in [1.29, 1.82) is 5.26 Å². The normalized spacial score (nSPS) is 40.7. The smallest absolute Gasteiger partial charge is 0.0672 e. The van der Waals surface area contributed by atoms with Crippen LogP contribution in [0.3, 0.4) is 0 Å². The van der Waals surface area contributed by atoms with Gasteiger partial charge in [-0.2, -0.15) is 5.26 Å². The van der Waals surface area contributed by atoms with Crippen molar-refractivity contribution in [1.82, 2.24) is 4.90 Å². The van der Waals surface area contributed by atoms with Gasteiger partial charge in [0.1, 0.15) is 0 Å². The zero-order valence-electron chi connectivity index (χ0n) is 7.83. The van der Waals surface area contributed by atoms with Crippen LogP contribution in [-0.2, 0) is 0 Å². The predicted molar refractivity (Wildman–Crippen MR) is 47.5 cm³/mol. The molecule has 0 aromatic carbocycles. The second-order valence-corrected chi connectivity index (χ2v) is 4.31. The molecule has 2 aliphatic heterocycles. The van der Waals surface area contributed by atoms with Gasteiger partial charge in [0.15, 0.2) is 0 Å². The summed E-state index contributed by atoms with van der Waals surface area (Å²) in [6.07, 6.45) is 3.70. The maximum Gasteiger partial charge on any atom is 0.0672 e. The third-order valence-corrected chi connectivity index (χ3v) is 3.35. The summed E-state index contributed by atoms with van der Waals surface area (Å²) in [5.74, 6) is 0.325. The van der Waals surface area contributed by atoms with Crippen LogP contribution in [0.2, 0.25) is 0 Å². The summed E-state index contributed by atoms with van der Waals surface area (Å²) >= 11 is 0. The molecule has 0 aliphatic carbocycles. The fourth-order valence-corrected chi connectivity index (χ4v) is 2.97. The molecule has 2 heterocycles. The molecule has 2 fully saturated rings. The number of nitriles is 1. The SMILES string of the molecule is CC(C)N1C2CCC1C(C#N)C2. The molecule has 2 nitrogen and oxygen atoms in total. The Morgan fingerprint density at radius 2 is 2.17 bits per heavy atom. The van der Waals surface area contributed by atoms with Gasteiger partial charge in [-0.1, -0.05) is 0 Å². The third-order valence-electron chi connectivity index (χ3n) is 3.35. The van der Waals surface area contributed by atoms with Crippen LogP contribution in [0.15, 0.2) is 0 Å². The first kappa shape index (κ1) is 8.07. The van der Waals surface area contributed by atoms with Crippen molar-refractivity contribution in [3.8, 4) is 6.07 Å². The molecule has 2 saturated heterocycles. The summed E-state index contributed by atoms with van der Waals surface area (Å²) < 4.78 is 0. The molecular formula is C10H16N2. The molecule has 12 heavy (non-hydrogen) atoms. The molecule has 0 spiro atoms. The van der Waals surface area contributed by atoms with Crippen molar-refractivity contribution in [2.24, 2.45) is 5.92 Å². The Balaban J connectivity index is 2.15. The molecule has 0 amide bonds. The van der Waals surface area contributed by atoms with E-state index in [9.17, 15) is 0 Å². The average Bonchev–Trinajstić information content (AvgIpc) is 2.59. The summed E-state index contributed by atoms with van der Waals surface area (Å²) in [6, 6.07) is 4.37. The zero-order chi connectivity index (χ0) is 8.72. The molecular weight excluding hydrogens is 148 g/mol. The van der Waals surface area contributed by atoms with Gasteiger partial charge < -0.3 is 0 Å². The lowest BCUT2D eigenvalue weighted by molar-refractivity contribution is 0.195. The van der Waals surface area contributed by atoms with E-state index < -0.39 is 0 Å². The lowest BCUT2D eigenvalue weighted by Gasteiger charge is -2.26. The molecule has 3 unspecified atom stereocenters. The summed E-state index contributed by atoms with van der Waals surface area (Å²) in [7, 11) is 0. The maximum atomic E-state index is 8.91. The highest BCUT2D eigenvalue weighted by Crippen LogP contribution is 2.42. The number of rotatable bonds is 1. The monoisotopic (exact) mass is 164 g/mol. The van der Waals surface area contributed by atoms with E-state index in [1.54, 1.807) is 0 Å². The fraction of sp³-hybridized carbons (Fsp3) is 0.900. The van der Waals surface area contributed by atoms with Gasteiger partial charge in [-0.15, -0.1) is 0 Å². The Hall–Kier alpha value is -0.550. The van der Waals surface area contributed by atoms with Crippen LogP contribution in [0, 0.1) is 17.2 Å². The third kappa shape index (κ3) is 0.964. The standard InChI is InChI=1S/C10H16N2/c1-7(2)12-9-3-4-10(12)8(5-9)6-11/h7-10H,3-5H2,1-2H3. The molecule has 66 valence electrons. The Morgan fingerprint density at radius 3 is 2.58 bits per heavy atom. The zero-order valence-corrected chi connectivity index (χ0v) is 7.83. The van der Waals surface area contributed by atoms with Crippen molar-refractivity contribution < 1.29 is 0 Å². The number of fused-ring (bicyclic) bond motifs is 2. The summed E-state index contributed by atoms with van der Waals surface area (Å²) in [6.45, 7) is 4.48. The van der Waals surface area contributed by atoms with Crippen molar-refractivity contribution in [3.05, 3.63) is 0 Å². The highest BCUT2D eigenvalue weighted by molar-refractivity contribution is 5.08. The van der Waals surface area contributed by atoms with Crippen LogP contribution in [0.4, 0.5) is 0 Å². The first-order valence-corrected chi connectivity index (χ1v) is 4.91. The van der Waals surface area contributed by atoms with Crippen molar-refractivity contribution in [3.63, 3.8) is 0 Å². The Kier molecular flexibility index (Phi) is 1.84. The van der Waals surface area contributed by atoms with Crippen LogP contribution in [0.25, 0.3) is 0 Å². The van der Waals surface area contributed by atoms with Crippen LogP contribution < -0.4 is 0 Å². The molecule has 2 rings (SSSR count). The van der Waals surface area contributed by atoms with Gasteiger partial charge in [-0.3, -0.25) is 4.90 Å². The van der Waals surface area contributed by atoms with E-state index in [0.29, 0.717) is 18.0 Å². The van der Waals surface area contributed by atoms with E-state index in [4.69, 9.17) is 5.26 Å². The van der Waals surface area contributed by atoms with Gasteiger partial charge >= 0.3 is 0 Å². The minimum absolute atomic E-state index is 0.325. The Bertz CT molecular complexity index is 216. The summed E-state index contributed by atoms with van der Waals surface area (Å²) in [5.41, 5.74) is 0. The molecule has 0 aromatic heterocycles. The van der Waals surface area contributed by atoms with Gasteiger partial charge in [0.05, 0.1) is 12.0 Å². The number of hydrogen-bond donors (Lipinski definition) is 0. The minimum atomic E-state index is 0.325. The molecule has 0 aromatic rings.